The lowest BCUT2D eigenvalue weighted by Gasteiger charge is -2.26. The molecule has 1 amide bonds. The molecule has 1 saturated heterocycles. The number of nitrogens with two attached hydrogens (primary N) is 1. The summed E-state index contributed by atoms with van der Waals surface area (Å²) in [5.41, 5.74) is 0. The number of primary sulfonamides is 1. The Bertz CT molecular complexity index is 407. The second-order valence-electron chi connectivity index (χ2n) is 4.16. The summed E-state index contributed by atoms with van der Waals surface area (Å²) in [6.45, 7) is 0.646. The molecule has 0 aromatic heterocycles. The molecule has 5 nitrogen and oxygen atoms in total. The molecule has 0 aromatic carbocycles. The number of hydrogen-bond donors (Lipinski definition) is 1. The zero-order chi connectivity index (χ0) is 13.4. The van der Waals surface area contributed by atoms with Crippen LogP contribution in [0.15, 0.2) is 0 Å². The van der Waals surface area contributed by atoms with Crippen molar-refractivity contribution in [3.63, 3.8) is 0 Å². The van der Waals surface area contributed by atoms with Crippen LogP contribution in [0, 0.1) is 5.92 Å². The third-order valence-corrected chi connectivity index (χ3v) is 3.58. The van der Waals surface area contributed by atoms with Crippen molar-refractivity contribution in [3.8, 4) is 0 Å². The number of carbonyl (C=O) groups is 1. The largest absolute Gasteiger partial charge is 0.408 e. The van der Waals surface area contributed by atoms with Crippen molar-refractivity contribution >= 4 is 15.9 Å². The lowest BCUT2D eigenvalue weighted by Crippen LogP contribution is -2.44. The average Bonchev–Trinajstić information content (AvgIpc) is 2.40. The van der Waals surface area contributed by atoms with Gasteiger partial charge in [-0.25, -0.2) is 13.6 Å². The first-order chi connectivity index (χ1) is 7.50. The molecule has 2 unspecified atom stereocenters. The first kappa shape index (κ1) is 14.2. The van der Waals surface area contributed by atoms with Crippen LogP contribution in [0.25, 0.3) is 0 Å². The van der Waals surface area contributed by atoms with Crippen LogP contribution in [0.3, 0.4) is 0 Å². The Morgan fingerprint density at radius 2 is 2.06 bits per heavy atom. The number of likely N-dealkylation sites (tertiary alicyclic amines) is 1. The minimum absolute atomic E-state index is 0.211. The zero-order valence-corrected chi connectivity index (χ0v) is 9.88. The topological polar surface area (TPSA) is 80.5 Å². The molecule has 0 aromatic rings. The number of hydrogen-bond acceptors (Lipinski definition) is 3. The van der Waals surface area contributed by atoms with Gasteiger partial charge >= 0.3 is 6.18 Å². The van der Waals surface area contributed by atoms with Crippen LogP contribution in [0.4, 0.5) is 13.2 Å². The maximum atomic E-state index is 12.4. The highest BCUT2D eigenvalue weighted by molar-refractivity contribution is 7.89. The van der Waals surface area contributed by atoms with Crippen LogP contribution in [-0.4, -0.2) is 43.7 Å². The van der Waals surface area contributed by atoms with Gasteiger partial charge in [0.2, 0.25) is 15.9 Å². The highest BCUT2D eigenvalue weighted by Crippen LogP contribution is 2.29. The number of nitrogens with zero attached hydrogens (tertiary/aromatic N) is 1. The van der Waals surface area contributed by atoms with E-state index in [-0.39, 0.29) is 13.0 Å². The Morgan fingerprint density at radius 1 is 1.53 bits per heavy atom. The van der Waals surface area contributed by atoms with Crippen LogP contribution in [0.5, 0.6) is 0 Å². The quantitative estimate of drug-likeness (QED) is 0.791. The Balaban J connectivity index is 2.71. The molecule has 1 aliphatic rings. The summed E-state index contributed by atoms with van der Waals surface area (Å²) in [6, 6.07) is -1.90. The van der Waals surface area contributed by atoms with Crippen molar-refractivity contribution in [2.24, 2.45) is 11.1 Å². The smallest absolute Gasteiger partial charge is 0.331 e. The molecule has 0 bridgehead atoms. The van der Waals surface area contributed by atoms with E-state index in [4.69, 9.17) is 5.14 Å². The van der Waals surface area contributed by atoms with E-state index in [0.717, 1.165) is 6.92 Å². The summed E-state index contributed by atoms with van der Waals surface area (Å²) in [6.07, 6.45) is -4.72. The maximum Gasteiger partial charge on any atom is 0.408 e. The third-order valence-electron chi connectivity index (χ3n) is 2.65. The van der Waals surface area contributed by atoms with Crippen LogP contribution >= 0.6 is 0 Å². The van der Waals surface area contributed by atoms with E-state index in [2.05, 4.69) is 0 Å². The van der Waals surface area contributed by atoms with Gasteiger partial charge in [0.05, 0.1) is 5.75 Å². The molecule has 1 fully saturated rings. The fourth-order valence-corrected chi connectivity index (χ4v) is 2.68. The van der Waals surface area contributed by atoms with Crippen molar-refractivity contribution in [2.45, 2.75) is 25.6 Å². The first-order valence-electron chi connectivity index (χ1n) is 4.87. The zero-order valence-electron chi connectivity index (χ0n) is 9.07. The lowest BCUT2D eigenvalue weighted by molar-refractivity contribution is -0.182. The number of alkyl halides is 3. The van der Waals surface area contributed by atoms with Crippen LogP contribution < -0.4 is 5.14 Å². The monoisotopic (exact) mass is 274 g/mol. The van der Waals surface area contributed by atoms with Crippen molar-refractivity contribution < 1.29 is 26.4 Å². The predicted molar refractivity (Wildman–Crippen MR) is 53.3 cm³/mol. The normalized spacial score (nSPS) is 24.2. The highest BCUT2D eigenvalue weighted by atomic mass is 32.2. The van der Waals surface area contributed by atoms with Gasteiger partial charge in [-0.1, -0.05) is 0 Å². The van der Waals surface area contributed by atoms with E-state index >= 15 is 0 Å². The molecule has 2 N–H and O–H groups in total. The fourth-order valence-electron chi connectivity index (χ4n) is 1.80. The molecule has 9 heteroatoms. The summed E-state index contributed by atoms with van der Waals surface area (Å²) < 4.78 is 58.8. The maximum absolute atomic E-state index is 12.4. The summed E-state index contributed by atoms with van der Waals surface area (Å²) in [7, 11) is -3.78. The Kier molecular flexibility index (Phi) is 3.72. The summed E-state index contributed by atoms with van der Waals surface area (Å²) in [4.78, 5) is 12.0. The first-order valence-corrected chi connectivity index (χ1v) is 6.59. The fraction of sp³-hybridized carbons (Fsp3) is 0.875. The van der Waals surface area contributed by atoms with Gasteiger partial charge in [-0.15, -0.1) is 0 Å². The van der Waals surface area contributed by atoms with Gasteiger partial charge in [0.1, 0.15) is 6.04 Å². The molecule has 0 spiro atoms. The van der Waals surface area contributed by atoms with Crippen molar-refractivity contribution in [3.05, 3.63) is 0 Å². The van der Waals surface area contributed by atoms with Crippen LogP contribution in [-0.2, 0) is 14.8 Å². The minimum atomic E-state index is -4.51. The second-order valence-corrected chi connectivity index (χ2v) is 5.82. The van der Waals surface area contributed by atoms with Gasteiger partial charge in [-0.05, 0) is 6.92 Å². The van der Waals surface area contributed by atoms with Gasteiger partial charge < -0.3 is 4.90 Å². The molecule has 17 heavy (non-hydrogen) atoms. The predicted octanol–water partition coefficient (Wildman–Crippen LogP) is 0.0742. The molecule has 1 rings (SSSR count). The molecule has 0 radical (unpaired) electrons. The molecule has 100 valence electrons. The average molecular weight is 274 g/mol. The minimum Gasteiger partial charge on any atom is -0.331 e. The molecule has 1 heterocycles. The highest BCUT2D eigenvalue weighted by Gasteiger charge is 2.45. The number of halogens is 3. The van der Waals surface area contributed by atoms with E-state index in [1.54, 1.807) is 0 Å². The molecule has 0 aliphatic carbocycles. The standard InChI is InChI=1S/C8H13F3N2O3S/c1-5(8(9,10)11)13-3-6(2-7(13)14)4-17(12,15)16/h5-6H,2-4H2,1H3,(H2,12,15,16). The molecule has 2 atom stereocenters. The SMILES string of the molecule is CC(N1CC(CS(N)(=O)=O)CC1=O)C(F)(F)F. The van der Waals surface area contributed by atoms with Crippen molar-refractivity contribution in [1.29, 1.82) is 0 Å². The Labute approximate surface area is 96.8 Å². The van der Waals surface area contributed by atoms with E-state index in [9.17, 15) is 26.4 Å². The molecular weight excluding hydrogens is 261 g/mol. The van der Waals surface area contributed by atoms with Crippen LogP contribution in [0.2, 0.25) is 0 Å². The Morgan fingerprint density at radius 3 is 2.47 bits per heavy atom. The van der Waals surface area contributed by atoms with Gasteiger partial charge in [0.15, 0.2) is 0 Å². The van der Waals surface area contributed by atoms with Gasteiger partial charge in [-0.2, -0.15) is 13.2 Å². The van der Waals surface area contributed by atoms with E-state index < -0.39 is 39.8 Å². The summed E-state index contributed by atoms with van der Waals surface area (Å²) in [5, 5.41) is 4.79. The van der Waals surface area contributed by atoms with Gasteiger partial charge in [0.25, 0.3) is 0 Å². The van der Waals surface area contributed by atoms with Gasteiger partial charge in [0, 0.05) is 18.9 Å². The van der Waals surface area contributed by atoms with E-state index in [0.29, 0.717) is 4.90 Å². The molecular formula is C8H13F3N2O3S. The van der Waals surface area contributed by atoms with E-state index in [1.807, 2.05) is 0 Å². The number of sulfonamides is 1. The number of carbonyl (C=O) groups excluding carboxylic acids is 1. The summed E-state index contributed by atoms with van der Waals surface area (Å²) in [5.74, 6) is -1.83. The lowest BCUT2D eigenvalue weighted by atomic mass is 10.1. The summed E-state index contributed by atoms with van der Waals surface area (Å²) >= 11 is 0. The van der Waals surface area contributed by atoms with Gasteiger partial charge in [-0.3, -0.25) is 4.79 Å². The Hall–Kier alpha value is -0.830. The van der Waals surface area contributed by atoms with Crippen molar-refractivity contribution in [1.82, 2.24) is 4.90 Å². The van der Waals surface area contributed by atoms with Crippen molar-refractivity contribution in [2.75, 3.05) is 12.3 Å². The van der Waals surface area contributed by atoms with Crippen LogP contribution in [0.1, 0.15) is 13.3 Å². The second kappa shape index (κ2) is 4.45. The number of amides is 1. The molecule has 0 saturated carbocycles. The number of rotatable bonds is 3. The third kappa shape index (κ3) is 3.84. The van der Waals surface area contributed by atoms with E-state index in [1.165, 1.54) is 0 Å². The molecule has 1 aliphatic heterocycles.